The van der Waals surface area contributed by atoms with Crippen LogP contribution in [0.3, 0.4) is 0 Å². The van der Waals surface area contributed by atoms with E-state index < -0.39 is 6.10 Å². The number of nitrogens with zero attached hydrogens (tertiary/aromatic N) is 1. The lowest BCUT2D eigenvalue weighted by atomic mass is 9.99. The maximum Gasteiger partial charge on any atom is 0.119 e. The van der Waals surface area contributed by atoms with Crippen LogP contribution in [0.15, 0.2) is 24.3 Å². The Morgan fingerprint density at radius 2 is 1.81 bits per heavy atom. The lowest BCUT2D eigenvalue weighted by Gasteiger charge is -2.31. The number of benzene rings is 1. The van der Waals surface area contributed by atoms with Crippen LogP contribution in [0.5, 0.6) is 5.75 Å². The molecule has 0 amide bonds. The van der Waals surface area contributed by atoms with E-state index >= 15 is 0 Å². The Morgan fingerprint density at radius 1 is 1.19 bits per heavy atom. The molecule has 1 aromatic carbocycles. The number of β-amino-alcohol motifs (C(OH)–C–C–N with tert-alkyl or cyclic N) is 1. The quantitative estimate of drug-likeness (QED) is 0.873. The third kappa shape index (κ3) is 5.33. The Hall–Kier alpha value is -1.06. The van der Waals surface area contributed by atoms with Crippen molar-refractivity contribution >= 4 is 0 Å². The molecule has 21 heavy (non-hydrogen) atoms. The molecule has 0 saturated carbocycles. The highest BCUT2D eigenvalue weighted by Gasteiger charge is 2.18. The predicted octanol–water partition coefficient (Wildman–Crippen LogP) is 3.28. The summed E-state index contributed by atoms with van der Waals surface area (Å²) in [5.41, 5.74) is 1.31. The number of ether oxygens (including phenoxy) is 1. The molecule has 1 unspecified atom stereocenters. The maximum absolute atomic E-state index is 10.1. The van der Waals surface area contributed by atoms with Gasteiger partial charge in [-0.1, -0.05) is 32.9 Å². The van der Waals surface area contributed by atoms with Crippen molar-refractivity contribution in [1.82, 2.24) is 4.90 Å². The van der Waals surface area contributed by atoms with E-state index in [1.807, 2.05) is 12.1 Å². The van der Waals surface area contributed by atoms with E-state index in [0.29, 0.717) is 12.5 Å². The summed E-state index contributed by atoms with van der Waals surface area (Å²) in [5.74, 6) is 2.20. The number of hydrogen-bond donors (Lipinski definition) is 1. The fourth-order valence-corrected chi connectivity index (χ4v) is 2.74. The minimum absolute atomic E-state index is 0.368. The summed E-state index contributed by atoms with van der Waals surface area (Å²) in [7, 11) is 0. The Bertz CT molecular complexity index is 408. The van der Waals surface area contributed by atoms with Crippen molar-refractivity contribution < 1.29 is 9.84 Å². The number of aliphatic hydroxyl groups is 1. The van der Waals surface area contributed by atoms with Crippen LogP contribution in [0.2, 0.25) is 0 Å². The van der Waals surface area contributed by atoms with Crippen LogP contribution in [0.4, 0.5) is 0 Å². The minimum Gasteiger partial charge on any atom is -0.491 e. The second-order valence-corrected chi connectivity index (χ2v) is 6.67. The maximum atomic E-state index is 10.1. The van der Waals surface area contributed by atoms with Crippen molar-refractivity contribution in [3.05, 3.63) is 29.8 Å². The Morgan fingerprint density at radius 3 is 2.38 bits per heavy atom. The average Bonchev–Trinajstić information content (AvgIpc) is 2.48. The molecule has 0 radical (unpaired) electrons. The third-order valence-electron chi connectivity index (χ3n) is 4.33. The van der Waals surface area contributed by atoms with Crippen molar-refractivity contribution in [1.29, 1.82) is 0 Å². The monoisotopic (exact) mass is 291 g/mol. The van der Waals surface area contributed by atoms with Gasteiger partial charge in [-0.3, -0.25) is 0 Å². The molecule has 1 aromatic rings. The van der Waals surface area contributed by atoms with Gasteiger partial charge in [0.1, 0.15) is 18.5 Å². The van der Waals surface area contributed by atoms with E-state index in [1.54, 1.807) is 0 Å². The molecule has 0 spiro atoms. The molecule has 1 N–H and O–H groups in total. The van der Waals surface area contributed by atoms with Gasteiger partial charge < -0.3 is 14.7 Å². The number of rotatable bonds is 6. The smallest absolute Gasteiger partial charge is 0.119 e. The molecule has 1 fully saturated rings. The zero-order chi connectivity index (χ0) is 15.2. The zero-order valence-electron chi connectivity index (χ0n) is 13.6. The van der Waals surface area contributed by atoms with Crippen LogP contribution in [0, 0.1) is 5.92 Å². The van der Waals surface area contributed by atoms with Crippen LogP contribution in [-0.4, -0.2) is 42.4 Å². The standard InChI is InChI=1S/C18H29NO2/c1-14(2)16-4-6-18(7-5-16)21-13-17(20)12-19-10-8-15(3)9-11-19/h4-7,14-15,17,20H,8-13H2,1-3H3. The summed E-state index contributed by atoms with van der Waals surface area (Å²) < 4.78 is 5.69. The van der Waals surface area contributed by atoms with E-state index in [9.17, 15) is 5.11 Å². The molecule has 1 saturated heterocycles. The fraction of sp³-hybridized carbons (Fsp3) is 0.667. The van der Waals surface area contributed by atoms with Crippen LogP contribution in [-0.2, 0) is 0 Å². The van der Waals surface area contributed by atoms with Crippen LogP contribution < -0.4 is 4.74 Å². The van der Waals surface area contributed by atoms with E-state index in [2.05, 4.69) is 37.8 Å². The summed E-state index contributed by atoms with van der Waals surface area (Å²) in [4.78, 5) is 2.34. The second kappa shape index (κ2) is 7.81. The number of likely N-dealkylation sites (tertiary alicyclic amines) is 1. The highest BCUT2D eigenvalue weighted by Crippen LogP contribution is 2.19. The number of hydrogen-bond acceptors (Lipinski definition) is 3. The molecule has 3 nitrogen and oxygen atoms in total. The highest BCUT2D eigenvalue weighted by molar-refractivity contribution is 5.28. The SMILES string of the molecule is CC1CCN(CC(O)COc2ccc(C(C)C)cc2)CC1. The molecule has 1 aliphatic rings. The summed E-state index contributed by atoms with van der Waals surface area (Å²) in [6.07, 6.45) is 2.07. The van der Waals surface area contributed by atoms with Crippen LogP contribution >= 0.6 is 0 Å². The van der Waals surface area contributed by atoms with Crippen LogP contribution in [0.25, 0.3) is 0 Å². The molecule has 0 aliphatic carbocycles. The third-order valence-corrected chi connectivity index (χ3v) is 4.33. The average molecular weight is 291 g/mol. The summed E-state index contributed by atoms with van der Waals surface area (Å²) in [6.45, 7) is 9.95. The van der Waals surface area contributed by atoms with E-state index in [0.717, 1.165) is 31.3 Å². The molecule has 3 heteroatoms. The summed E-state index contributed by atoms with van der Waals surface area (Å²) in [6, 6.07) is 8.17. The molecular weight excluding hydrogens is 262 g/mol. The van der Waals surface area contributed by atoms with E-state index in [4.69, 9.17) is 4.74 Å². The first-order chi connectivity index (χ1) is 10.0. The van der Waals surface area contributed by atoms with Gasteiger partial charge >= 0.3 is 0 Å². The first kappa shape index (κ1) is 16.3. The van der Waals surface area contributed by atoms with Gasteiger partial charge in [0.25, 0.3) is 0 Å². The van der Waals surface area contributed by atoms with Crippen molar-refractivity contribution in [2.45, 2.75) is 45.6 Å². The van der Waals surface area contributed by atoms with E-state index in [-0.39, 0.29) is 0 Å². The lowest BCUT2D eigenvalue weighted by molar-refractivity contribution is 0.0563. The minimum atomic E-state index is -0.414. The van der Waals surface area contributed by atoms with Gasteiger partial charge in [-0.15, -0.1) is 0 Å². The van der Waals surface area contributed by atoms with Gasteiger partial charge in [0.2, 0.25) is 0 Å². The zero-order valence-corrected chi connectivity index (χ0v) is 13.6. The van der Waals surface area contributed by atoms with Gasteiger partial charge in [0.15, 0.2) is 0 Å². The van der Waals surface area contributed by atoms with Gasteiger partial charge in [0.05, 0.1) is 0 Å². The Balaban J connectivity index is 1.72. The van der Waals surface area contributed by atoms with Crippen LogP contribution in [0.1, 0.15) is 45.1 Å². The largest absolute Gasteiger partial charge is 0.491 e. The molecule has 0 bridgehead atoms. The Labute approximate surface area is 128 Å². The van der Waals surface area contributed by atoms with Crippen molar-refractivity contribution in [2.75, 3.05) is 26.2 Å². The van der Waals surface area contributed by atoms with Gasteiger partial charge in [-0.2, -0.15) is 0 Å². The van der Waals surface area contributed by atoms with Crippen molar-refractivity contribution in [3.63, 3.8) is 0 Å². The van der Waals surface area contributed by atoms with Gasteiger partial charge in [-0.25, -0.2) is 0 Å². The normalized spacial score (nSPS) is 18.9. The second-order valence-electron chi connectivity index (χ2n) is 6.67. The van der Waals surface area contributed by atoms with E-state index in [1.165, 1.54) is 18.4 Å². The highest BCUT2D eigenvalue weighted by atomic mass is 16.5. The predicted molar refractivity (Wildman–Crippen MR) is 86.9 cm³/mol. The topological polar surface area (TPSA) is 32.7 Å². The summed E-state index contributed by atoms with van der Waals surface area (Å²) in [5, 5.41) is 10.1. The summed E-state index contributed by atoms with van der Waals surface area (Å²) >= 11 is 0. The molecule has 1 aliphatic heterocycles. The fourth-order valence-electron chi connectivity index (χ4n) is 2.74. The molecule has 118 valence electrons. The van der Waals surface area contributed by atoms with Gasteiger partial charge in [-0.05, 0) is 55.5 Å². The Kier molecular flexibility index (Phi) is 6.07. The lowest BCUT2D eigenvalue weighted by Crippen LogP contribution is -2.40. The molecule has 2 rings (SSSR count). The molecule has 1 heterocycles. The molecule has 1 atom stereocenters. The first-order valence-electron chi connectivity index (χ1n) is 8.17. The van der Waals surface area contributed by atoms with Crippen molar-refractivity contribution in [3.8, 4) is 5.75 Å². The van der Waals surface area contributed by atoms with Crippen molar-refractivity contribution in [2.24, 2.45) is 5.92 Å². The first-order valence-corrected chi connectivity index (χ1v) is 8.17. The number of piperidine rings is 1. The van der Waals surface area contributed by atoms with Gasteiger partial charge in [0, 0.05) is 6.54 Å². The number of aliphatic hydroxyl groups excluding tert-OH is 1. The molecular formula is C18H29NO2. The molecule has 0 aromatic heterocycles.